The fourth-order valence-corrected chi connectivity index (χ4v) is 3.59. The number of nitrogens with zero attached hydrogens (tertiary/aromatic N) is 1. The Morgan fingerprint density at radius 2 is 1.81 bits per heavy atom. The molecule has 3 rings (SSSR count). The number of amides is 2. The highest BCUT2D eigenvalue weighted by Crippen LogP contribution is 2.43. The zero-order valence-electron chi connectivity index (χ0n) is 16.1. The number of carbonyl (C=O) groups excluding carboxylic acids is 1. The number of nitriles is 1. The van der Waals surface area contributed by atoms with E-state index in [9.17, 15) is 10.1 Å². The lowest BCUT2D eigenvalue weighted by Crippen LogP contribution is -2.35. The fraction of sp³-hybridized carbons (Fsp3) is 0.304. The third kappa shape index (κ3) is 3.73. The molecule has 0 aliphatic heterocycles. The Bertz CT molecular complexity index is 921. The normalized spacial score (nSPS) is 18.4. The number of benzene rings is 2. The number of carbonyl (C=O) groups is 1. The molecular weight excluding hydrogens is 334 g/mol. The van der Waals surface area contributed by atoms with Crippen molar-refractivity contribution in [2.24, 2.45) is 5.41 Å². The third-order valence-corrected chi connectivity index (χ3v) is 5.47. The van der Waals surface area contributed by atoms with Crippen LogP contribution < -0.4 is 10.6 Å². The Morgan fingerprint density at radius 1 is 1.11 bits per heavy atom. The average molecular weight is 359 g/mol. The first-order valence-electron chi connectivity index (χ1n) is 9.40. The topological polar surface area (TPSA) is 64.9 Å². The summed E-state index contributed by atoms with van der Waals surface area (Å²) in [6.07, 6.45) is 2.58. The van der Waals surface area contributed by atoms with E-state index in [1.807, 2.05) is 42.5 Å². The molecule has 0 heterocycles. The highest BCUT2D eigenvalue weighted by Gasteiger charge is 2.36. The molecule has 0 aromatic heterocycles. The molecule has 138 valence electrons. The monoisotopic (exact) mass is 359 g/mol. The SMILES string of the molecule is CCc1ccc(NC(=O)NC2=C(C#N)[C@@](C)(CC)Cc3ccccc32)cc1. The highest BCUT2D eigenvalue weighted by molar-refractivity contribution is 5.97. The van der Waals surface area contributed by atoms with Gasteiger partial charge in [0.15, 0.2) is 0 Å². The van der Waals surface area contributed by atoms with Gasteiger partial charge < -0.3 is 10.6 Å². The van der Waals surface area contributed by atoms with Crippen molar-refractivity contribution >= 4 is 17.4 Å². The minimum Gasteiger partial charge on any atom is -0.308 e. The summed E-state index contributed by atoms with van der Waals surface area (Å²) in [6.45, 7) is 6.26. The van der Waals surface area contributed by atoms with Crippen molar-refractivity contribution in [1.29, 1.82) is 5.26 Å². The van der Waals surface area contributed by atoms with Gasteiger partial charge in [-0.05, 0) is 42.5 Å². The summed E-state index contributed by atoms with van der Waals surface area (Å²) in [6, 6.07) is 17.8. The summed E-state index contributed by atoms with van der Waals surface area (Å²) in [5, 5.41) is 15.7. The Labute approximate surface area is 160 Å². The van der Waals surface area contributed by atoms with Gasteiger partial charge in [-0.25, -0.2) is 4.79 Å². The van der Waals surface area contributed by atoms with Crippen LogP contribution in [0.5, 0.6) is 0 Å². The predicted octanol–water partition coefficient (Wildman–Crippen LogP) is 5.28. The molecule has 0 saturated carbocycles. The van der Waals surface area contributed by atoms with Crippen molar-refractivity contribution in [1.82, 2.24) is 5.32 Å². The maximum Gasteiger partial charge on any atom is 0.323 e. The van der Waals surface area contributed by atoms with Crippen LogP contribution in [0.15, 0.2) is 54.1 Å². The van der Waals surface area contributed by atoms with Crippen molar-refractivity contribution < 1.29 is 4.79 Å². The smallest absolute Gasteiger partial charge is 0.308 e. The summed E-state index contributed by atoms with van der Waals surface area (Å²) in [5.74, 6) is 0. The van der Waals surface area contributed by atoms with Crippen molar-refractivity contribution in [3.63, 3.8) is 0 Å². The summed E-state index contributed by atoms with van der Waals surface area (Å²) in [4.78, 5) is 12.6. The number of anilines is 1. The van der Waals surface area contributed by atoms with Gasteiger partial charge in [-0.15, -0.1) is 0 Å². The lowest BCUT2D eigenvalue weighted by Gasteiger charge is -2.35. The largest absolute Gasteiger partial charge is 0.323 e. The van der Waals surface area contributed by atoms with E-state index in [1.54, 1.807) is 0 Å². The molecule has 4 heteroatoms. The zero-order valence-corrected chi connectivity index (χ0v) is 16.1. The van der Waals surface area contributed by atoms with Gasteiger partial charge >= 0.3 is 6.03 Å². The van der Waals surface area contributed by atoms with Crippen LogP contribution in [0.4, 0.5) is 10.5 Å². The van der Waals surface area contributed by atoms with Crippen LogP contribution >= 0.6 is 0 Å². The van der Waals surface area contributed by atoms with E-state index < -0.39 is 0 Å². The first kappa shape index (κ1) is 18.7. The average Bonchev–Trinajstić information content (AvgIpc) is 2.68. The minimum atomic E-state index is -0.336. The van der Waals surface area contributed by atoms with Crippen LogP contribution in [0.2, 0.25) is 0 Å². The van der Waals surface area contributed by atoms with Gasteiger partial charge in [0.2, 0.25) is 0 Å². The van der Waals surface area contributed by atoms with Gasteiger partial charge in [0.05, 0.1) is 17.3 Å². The van der Waals surface area contributed by atoms with Crippen molar-refractivity contribution in [3.05, 3.63) is 70.8 Å². The number of allylic oxidation sites excluding steroid dienone is 1. The lowest BCUT2D eigenvalue weighted by molar-refractivity contribution is 0.255. The first-order chi connectivity index (χ1) is 13.0. The van der Waals surface area contributed by atoms with Crippen LogP contribution in [-0.2, 0) is 12.8 Å². The van der Waals surface area contributed by atoms with E-state index in [4.69, 9.17) is 0 Å². The van der Waals surface area contributed by atoms with Crippen molar-refractivity contribution in [3.8, 4) is 6.07 Å². The van der Waals surface area contributed by atoms with Crippen molar-refractivity contribution in [2.75, 3.05) is 5.32 Å². The summed E-state index contributed by atoms with van der Waals surface area (Å²) in [7, 11) is 0. The molecule has 2 aromatic carbocycles. The van der Waals surface area contributed by atoms with Crippen LogP contribution in [0, 0.1) is 16.7 Å². The van der Waals surface area contributed by atoms with Gasteiger partial charge in [-0.1, -0.05) is 57.2 Å². The van der Waals surface area contributed by atoms with Gasteiger partial charge in [-0.2, -0.15) is 5.26 Å². The van der Waals surface area contributed by atoms with E-state index in [-0.39, 0.29) is 11.4 Å². The van der Waals surface area contributed by atoms with Gasteiger partial charge in [-0.3, -0.25) is 0 Å². The highest BCUT2D eigenvalue weighted by atomic mass is 16.2. The Morgan fingerprint density at radius 3 is 2.44 bits per heavy atom. The quantitative estimate of drug-likeness (QED) is 0.780. The molecule has 27 heavy (non-hydrogen) atoms. The fourth-order valence-electron chi connectivity index (χ4n) is 3.59. The number of hydrogen-bond donors (Lipinski definition) is 2. The predicted molar refractivity (Wildman–Crippen MR) is 109 cm³/mol. The molecule has 0 unspecified atom stereocenters. The Balaban J connectivity index is 1.91. The zero-order chi connectivity index (χ0) is 19.4. The maximum atomic E-state index is 12.6. The number of hydrogen-bond acceptors (Lipinski definition) is 2. The second-order valence-corrected chi connectivity index (χ2v) is 7.24. The van der Waals surface area contributed by atoms with E-state index in [0.29, 0.717) is 11.3 Å². The van der Waals surface area contributed by atoms with E-state index >= 15 is 0 Å². The van der Waals surface area contributed by atoms with Crippen LogP contribution in [0.1, 0.15) is 43.9 Å². The molecule has 0 spiro atoms. The molecule has 1 aliphatic carbocycles. The molecule has 2 amide bonds. The molecule has 0 bridgehead atoms. The van der Waals surface area contributed by atoms with Crippen LogP contribution in [0.3, 0.4) is 0 Å². The Kier molecular flexibility index (Phi) is 5.32. The van der Waals surface area contributed by atoms with E-state index in [1.165, 1.54) is 5.56 Å². The van der Waals surface area contributed by atoms with Gasteiger partial charge in [0.1, 0.15) is 0 Å². The molecule has 1 aliphatic rings. The van der Waals surface area contributed by atoms with Gasteiger partial charge in [0.25, 0.3) is 0 Å². The summed E-state index contributed by atoms with van der Waals surface area (Å²) < 4.78 is 0. The maximum absolute atomic E-state index is 12.6. The summed E-state index contributed by atoms with van der Waals surface area (Å²) >= 11 is 0. The van der Waals surface area contributed by atoms with Gasteiger partial charge in [0, 0.05) is 16.7 Å². The first-order valence-corrected chi connectivity index (χ1v) is 9.40. The minimum absolute atomic E-state index is 0.283. The second-order valence-electron chi connectivity index (χ2n) is 7.24. The molecule has 0 saturated heterocycles. The number of aryl methyl sites for hydroxylation is 1. The molecule has 2 N–H and O–H groups in total. The van der Waals surface area contributed by atoms with Crippen LogP contribution in [-0.4, -0.2) is 6.03 Å². The second kappa shape index (κ2) is 7.67. The number of fused-ring (bicyclic) bond motifs is 1. The lowest BCUT2D eigenvalue weighted by atomic mass is 9.69. The number of urea groups is 1. The van der Waals surface area contributed by atoms with E-state index in [0.717, 1.165) is 36.1 Å². The van der Waals surface area contributed by atoms with E-state index in [2.05, 4.69) is 43.5 Å². The number of nitrogens with one attached hydrogen (secondary N) is 2. The van der Waals surface area contributed by atoms with Crippen molar-refractivity contribution in [2.45, 2.75) is 40.0 Å². The standard InChI is InChI=1S/C23H25N3O/c1-4-16-10-12-18(13-11-16)25-22(27)26-21-19-9-7-6-8-17(19)14-23(3,5-2)20(21)15-24/h6-13H,4-5,14H2,1-3H3,(H2,25,26,27)/t23-/m0/s1. The molecule has 1 atom stereocenters. The summed E-state index contributed by atoms with van der Waals surface area (Å²) in [5.41, 5.74) is 5.00. The Hall–Kier alpha value is -3.06. The molecule has 4 nitrogen and oxygen atoms in total. The number of rotatable bonds is 4. The molecular formula is C23H25N3O. The third-order valence-electron chi connectivity index (χ3n) is 5.47. The molecule has 2 aromatic rings. The molecule has 0 radical (unpaired) electrons. The molecule has 0 fully saturated rings. The van der Waals surface area contributed by atoms with Crippen LogP contribution in [0.25, 0.3) is 5.70 Å².